The van der Waals surface area contributed by atoms with Crippen LogP contribution in [0.2, 0.25) is 0 Å². The van der Waals surface area contributed by atoms with Gasteiger partial charge >= 0.3 is 0 Å². The summed E-state index contributed by atoms with van der Waals surface area (Å²) in [6, 6.07) is 10.4. The largest absolute Gasteiger partial charge is 0.383 e. The first-order chi connectivity index (χ1) is 12.2. The molecule has 0 saturated carbocycles. The first-order valence-corrected chi connectivity index (χ1v) is 8.71. The van der Waals surface area contributed by atoms with E-state index in [9.17, 15) is 4.79 Å². The number of rotatable bonds is 11. The maximum absolute atomic E-state index is 11.6. The molecular weight excluding hydrogens is 318 g/mol. The van der Waals surface area contributed by atoms with Gasteiger partial charge in [-0.05, 0) is 25.5 Å². The molecule has 25 heavy (non-hydrogen) atoms. The fourth-order valence-electron chi connectivity index (χ4n) is 2.32. The van der Waals surface area contributed by atoms with Crippen molar-refractivity contribution in [1.29, 1.82) is 0 Å². The summed E-state index contributed by atoms with van der Waals surface area (Å²) in [6.45, 7) is 6.08. The molecular formula is C18H31N5O2. The molecule has 0 radical (unpaired) electrons. The third-order valence-corrected chi connectivity index (χ3v) is 3.67. The number of nitrogens with one attached hydrogen (secondary N) is 3. The van der Waals surface area contributed by atoms with Gasteiger partial charge in [0, 0.05) is 46.0 Å². The Bertz CT molecular complexity index is 507. The third kappa shape index (κ3) is 8.95. The van der Waals surface area contributed by atoms with Gasteiger partial charge < -0.3 is 25.6 Å². The first-order valence-electron chi connectivity index (χ1n) is 8.71. The molecule has 0 aliphatic carbocycles. The summed E-state index contributed by atoms with van der Waals surface area (Å²) in [7, 11) is 3.30. The number of hydrogen-bond donors (Lipinski definition) is 3. The van der Waals surface area contributed by atoms with Gasteiger partial charge in [0.15, 0.2) is 5.96 Å². The summed E-state index contributed by atoms with van der Waals surface area (Å²) >= 11 is 0. The minimum Gasteiger partial charge on any atom is -0.383 e. The number of para-hydroxylation sites is 1. The molecule has 7 nitrogen and oxygen atoms in total. The molecule has 1 aromatic rings. The summed E-state index contributed by atoms with van der Waals surface area (Å²) in [6.07, 6.45) is 0.976. The number of carbonyl (C=O) groups excluding carboxylic acids is 1. The van der Waals surface area contributed by atoms with Gasteiger partial charge in [-0.25, -0.2) is 0 Å². The summed E-state index contributed by atoms with van der Waals surface area (Å²) in [4.78, 5) is 18.1. The molecule has 1 amide bonds. The van der Waals surface area contributed by atoms with Gasteiger partial charge in [-0.1, -0.05) is 18.2 Å². The predicted octanol–water partition coefficient (Wildman–Crippen LogP) is 0.831. The molecule has 1 rings (SSSR count). The number of nitrogens with zero attached hydrogens (tertiary/aromatic N) is 2. The van der Waals surface area contributed by atoms with Crippen LogP contribution in [-0.4, -0.2) is 65.4 Å². The highest BCUT2D eigenvalue weighted by atomic mass is 16.5. The van der Waals surface area contributed by atoms with Crippen LogP contribution >= 0.6 is 0 Å². The minimum atomic E-state index is -0.0822. The van der Waals surface area contributed by atoms with Crippen LogP contribution in [-0.2, 0) is 9.53 Å². The smallest absolute Gasteiger partial charge is 0.239 e. The molecule has 140 valence electrons. The Balaban J connectivity index is 2.23. The zero-order valence-corrected chi connectivity index (χ0v) is 15.5. The molecule has 0 heterocycles. The molecule has 0 spiro atoms. The number of amides is 1. The van der Waals surface area contributed by atoms with Crippen molar-refractivity contribution < 1.29 is 9.53 Å². The number of ether oxygens (including phenoxy) is 1. The maximum atomic E-state index is 11.6. The van der Waals surface area contributed by atoms with E-state index >= 15 is 0 Å². The Morgan fingerprint density at radius 1 is 1.16 bits per heavy atom. The van der Waals surface area contributed by atoms with Crippen LogP contribution in [0.1, 0.15) is 13.3 Å². The van der Waals surface area contributed by atoms with E-state index in [4.69, 9.17) is 4.74 Å². The lowest BCUT2D eigenvalue weighted by atomic mass is 10.2. The Morgan fingerprint density at radius 3 is 2.56 bits per heavy atom. The van der Waals surface area contributed by atoms with E-state index in [1.165, 1.54) is 5.69 Å². The van der Waals surface area contributed by atoms with E-state index in [2.05, 4.69) is 57.0 Å². The SMILES string of the molecule is CCN(CCCNC(=NC)NCC(=O)NCCOC)c1ccccc1. The van der Waals surface area contributed by atoms with Gasteiger partial charge in [0.05, 0.1) is 13.2 Å². The maximum Gasteiger partial charge on any atom is 0.239 e. The zero-order chi connectivity index (χ0) is 18.3. The number of aliphatic imine (C=N–C) groups is 1. The Kier molecular flexibility index (Phi) is 10.8. The highest BCUT2D eigenvalue weighted by molar-refractivity contribution is 5.86. The van der Waals surface area contributed by atoms with Crippen molar-refractivity contribution in [2.45, 2.75) is 13.3 Å². The Labute approximate surface area is 150 Å². The second-order valence-corrected chi connectivity index (χ2v) is 5.46. The van der Waals surface area contributed by atoms with E-state index in [0.29, 0.717) is 19.1 Å². The number of carbonyl (C=O) groups is 1. The van der Waals surface area contributed by atoms with Crippen molar-refractivity contribution in [2.75, 3.05) is 58.4 Å². The lowest BCUT2D eigenvalue weighted by molar-refractivity contribution is -0.120. The average Bonchev–Trinajstić information content (AvgIpc) is 2.65. The molecule has 0 aliphatic rings. The lowest BCUT2D eigenvalue weighted by Gasteiger charge is -2.23. The fourth-order valence-corrected chi connectivity index (χ4v) is 2.32. The van der Waals surface area contributed by atoms with Crippen LogP contribution in [0.5, 0.6) is 0 Å². The molecule has 0 fully saturated rings. The van der Waals surface area contributed by atoms with Crippen molar-refractivity contribution in [3.63, 3.8) is 0 Å². The number of guanidine groups is 1. The van der Waals surface area contributed by atoms with E-state index in [0.717, 1.165) is 26.1 Å². The summed E-state index contributed by atoms with van der Waals surface area (Å²) in [5.41, 5.74) is 1.24. The summed E-state index contributed by atoms with van der Waals surface area (Å²) in [5, 5.41) is 8.99. The van der Waals surface area contributed by atoms with E-state index in [-0.39, 0.29) is 12.5 Å². The number of methoxy groups -OCH3 is 1. The number of anilines is 1. The van der Waals surface area contributed by atoms with Crippen molar-refractivity contribution in [1.82, 2.24) is 16.0 Å². The topological polar surface area (TPSA) is 78.0 Å². The van der Waals surface area contributed by atoms with Gasteiger partial charge in [-0.3, -0.25) is 9.79 Å². The molecule has 7 heteroatoms. The van der Waals surface area contributed by atoms with E-state index in [1.807, 2.05) is 6.07 Å². The van der Waals surface area contributed by atoms with Crippen LogP contribution in [0.3, 0.4) is 0 Å². The highest BCUT2D eigenvalue weighted by Gasteiger charge is 2.05. The molecule has 0 bridgehead atoms. The molecule has 0 saturated heterocycles. The van der Waals surface area contributed by atoms with Gasteiger partial charge in [-0.15, -0.1) is 0 Å². The van der Waals surface area contributed by atoms with Crippen molar-refractivity contribution in [2.24, 2.45) is 4.99 Å². The van der Waals surface area contributed by atoms with Gasteiger partial charge in [0.2, 0.25) is 5.91 Å². The molecule has 0 unspecified atom stereocenters. The Hall–Kier alpha value is -2.28. The normalized spacial score (nSPS) is 11.1. The van der Waals surface area contributed by atoms with Crippen LogP contribution in [0.4, 0.5) is 5.69 Å². The molecule has 0 atom stereocenters. The number of hydrogen-bond acceptors (Lipinski definition) is 4. The standard InChI is InChI=1S/C18H31N5O2/c1-4-23(16-9-6-5-7-10-16)13-8-11-21-18(19-2)22-15-17(24)20-12-14-25-3/h5-7,9-10H,4,8,11-15H2,1-3H3,(H,20,24)(H2,19,21,22). The van der Waals surface area contributed by atoms with Crippen LogP contribution in [0.15, 0.2) is 35.3 Å². The Morgan fingerprint density at radius 2 is 1.92 bits per heavy atom. The van der Waals surface area contributed by atoms with Gasteiger partial charge in [0.1, 0.15) is 0 Å². The van der Waals surface area contributed by atoms with Crippen LogP contribution in [0.25, 0.3) is 0 Å². The second kappa shape index (κ2) is 13.1. The van der Waals surface area contributed by atoms with Crippen molar-refractivity contribution in [3.05, 3.63) is 30.3 Å². The number of benzene rings is 1. The molecule has 1 aromatic carbocycles. The predicted molar refractivity (Wildman–Crippen MR) is 103 cm³/mol. The van der Waals surface area contributed by atoms with Crippen molar-refractivity contribution >= 4 is 17.6 Å². The molecule has 0 aromatic heterocycles. The van der Waals surface area contributed by atoms with Gasteiger partial charge in [0.25, 0.3) is 0 Å². The fraction of sp³-hybridized carbons (Fsp3) is 0.556. The second-order valence-electron chi connectivity index (χ2n) is 5.46. The summed E-state index contributed by atoms with van der Waals surface area (Å²) in [5.74, 6) is 0.547. The lowest BCUT2D eigenvalue weighted by Crippen LogP contribution is -2.44. The zero-order valence-electron chi connectivity index (χ0n) is 15.5. The third-order valence-electron chi connectivity index (χ3n) is 3.67. The van der Waals surface area contributed by atoms with Gasteiger partial charge in [-0.2, -0.15) is 0 Å². The van der Waals surface area contributed by atoms with Crippen LogP contribution < -0.4 is 20.9 Å². The highest BCUT2D eigenvalue weighted by Crippen LogP contribution is 2.12. The van der Waals surface area contributed by atoms with E-state index in [1.54, 1.807) is 14.2 Å². The molecule has 3 N–H and O–H groups in total. The van der Waals surface area contributed by atoms with Crippen molar-refractivity contribution in [3.8, 4) is 0 Å². The molecule has 0 aliphatic heterocycles. The monoisotopic (exact) mass is 349 g/mol. The minimum absolute atomic E-state index is 0.0822. The summed E-state index contributed by atoms with van der Waals surface area (Å²) < 4.78 is 4.89. The van der Waals surface area contributed by atoms with E-state index < -0.39 is 0 Å². The first kappa shape index (κ1) is 20.8. The quantitative estimate of drug-likeness (QED) is 0.313. The average molecular weight is 349 g/mol. The van der Waals surface area contributed by atoms with Crippen LogP contribution in [0, 0.1) is 0 Å².